The van der Waals surface area contributed by atoms with Crippen LogP contribution in [-0.4, -0.2) is 41.3 Å². The van der Waals surface area contributed by atoms with E-state index in [0.717, 1.165) is 59.3 Å². The van der Waals surface area contributed by atoms with Crippen molar-refractivity contribution in [1.82, 2.24) is 15.3 Å². The fourth-order valence-corrected chi connectivity index (χ4v) is 3.70. The topological polar surface area (TPSA) is 88.5 Å². The molecule has 0 spiro atoms. The number of nitrogens with zero attached hydrogens (tertiary/aromatic N) is 2. The zero-order valence-electron chi connectivity index (χ0n) is 15.4. The molecule has 0 aliphatic carbocycles. The lowest BCUT2D eigenvalue weighted by molar-refractivity contribution is 0.164. The molecule has 3 N–H and O–H groups in total. The molecule has 28 heavy (non-hydrogen) atoms. The van der Waals surface area contributed by atoms with Gasteiger partial charge in [0.25, 0.3) is 0 Å². The van der Waals surface area contributed by atoms with Crippen LogP contribution in [-0.2, 0) is 11.3 Å². The van der Waals surface area contributed by atoms with Crippen LogP contribution in [0.2, 0.25) is 0 Å². The van der Waals surface area contributed by atoms with Crippen LogP contribution in [0.25, 0.3) is 10.9 Å². The van der Waals surface area contributed by atoms with Crippen molar-refractivity contribution in [2.75, 3.05) is 18.4 Å². The van der Waals surface area contributed by atoms with Gasteiger partial charge in [-0.25, -0.2) is 9.97 Å². The summed E-state index contributed by atoms with van der Waals surface area (Å²) < 4.78 is 11.5. The first-order chi connectivity index (χ1) is 13.8. The van der Waals surface area contributed by atoms with Crippen LogP contribution < -0.4 is 20.8 Å². The zero-order valence-corrected chi connectivity index (χ0v) is 15.4. The summed E-state index contributed by atoms with van der Waals surface area (Å²) in [4.78, 5) is 9.11. The lowest BCUT2D eigenvalue weighted by atomic mass is 9.79. The predicted octanol–water partition coefficient (Wildman–Crippen LogP) is 1.72. The minimum absolute atomic E-state index is 0.205. The number of anilines is 2. The summed E-state index contributed by atoms with van der Waals surface area (Å²) in [7, 11) is -0.876. The highest BCUT2D eigenvalue weighted by atomic mass is 16.5. The molecule has 0 bridgehead atoms. The molecule has 3 aromatic rings. The summed E-state index contributed by atoms with van der Waals surface area (Å²) >= 11 is 0. The summed E-state index contributed by atoms with van der Waals surface area (Å²) in [6, 6.07) is 11.7. The highest BCUT2D eigenvalue weighted by Gasteiger charge is 2.27. The number of ether oxygens (including phenoxy) is 1. The molecule has 1 saturated heterocycles. The smallest absolute Gasteiger partial charge is 0.488 e. The van der Waals surface area contributed by atoms with Crippen LogP contribution in [0.5, 0.6) is 5.75 Å². The maximum atomic E-state index is 9.90. The van der Waals surface area contributed by atoms with Crippen molar-refractivity contribution in [3.05, 3.63) is 48.2 Å². The Morgan fingerprint density at radius 3 is 3.00 bits per heavy atom. The van der Waals surface area contributed by atoms with Crippen LogP contribution >= 0.6 is 0 Å². The number of aromatic nitrogens is 2. The van der Waals surface area contributed by atoms with E-state index in [-0.39, 0.29) is 6.10 Å². The molecule has 0 radical (unpaired) electrons. The average Bonchev–Trinajstić information content (AvgIpc) is 3.10. The Morgan fingerprint density at radius 1 is 1.21 bits per heavy atom. The van der Waals surface area contributed by atoms with E-state index in [9.17, 15) is 5.02 Å². The van der Waals surface area contributed by atoms with Crippen LogP contribution in [0.15, 0.2) is 42.6 Å². The van der Waals surface area contributed by atoms with Gasteiger partial charge in [0, 0.05) is 17.3 Å². The highest BCUT2D eigenvalue weighted by Crippen LogP contribution is 2.27. The van der Waals surface area contributed by atoms with Crippen molar-refractivity contribution in [3.8, 4) is 5.75 Å². The van der Waals surface area contributed by atoms with Gasteiger partial charge >= 0.3 is 7.12 Å². The Hall–Kier alpha value is -2.68. The largest absolute Gasteiger partial charge is 0.491 e. The maximum absolute atomic E-state index is 9.90. The molecule has 2 aliphatic rings. The third-order valence-corrected chi connectivity index (χ3v) is 5.22. The van der Waals surface area contributed by atoms with Gasteiger partial charge in [0.1, 0.15) is 17.4 Å². The van der Waals surface area contributed by atoms with Gasteiger partial charge in [-0.2, -0.15) is 0 Å². The van der Waals surface area contributed by atoms with Crippen LogP contribution in [0.4, 0.5) is 11.6 Å². The van der Waals surface area contributed by atoms with Gasteiger partial charge in [-0.15, -0.1) is 0 Å². The second-order valence-electron chi connectivity index (χ2n) is 7.16. The van der Waals surface area contributed by atoms with Gasteiger partial charge in [0.15, 0.2) is 0 Å². The number of fused-ring (bicyclic) bond motifs is 2. The molecule has 1 fully saturated rings. The van der Waals surface area contributed by atoms with Crippen molar-refractivity contribution < 1.29 is 14.4 Å². The van der Waals surface area contributed by atoms with Crippen molar-refractivity contribution >= 4 is 35.1 Å². The predicted molar refractivity (Wildman–Crippen MR) is 108 cm³/mol. The minimum atomic E-state index is -0.876. The summed E-state index contributed by atoms with van der Waals surface area (Å²) in [5, 5.41) is 17.4. The summed E-state index contributed by atoms with van der Waals surface area (Å²) in [6.45, 7) is 2.39. The molecule has 8 heteroatoms. The van der Waals surface area contributed by atoms with Gasteiger partial charge in [-0.1, -0.05) is 18.2 Å². The van der Waals surface area contributed by atoms with E-state index in [2.05, 4.69) is 15.6 Å². The average molecular weight is 376 g/mol. The third kappa shape index (κ3) is 3.42. The van der Waals surface area contributed by atoms with Gasteiger partial charge < -0.3 is 25.0 Å². The first-order valence-electron chi connectivity index (χ1n) is 9.59. The summed E-state index contributed by atoms with van der Waals surface area (Å²) in [6.07, 6.45) is 3.99. The Balaban J connectivity index is 1.42. The van der Waals surface area contributed by atoms with Crippen LogP contribution in [0.3, 0.4) is 0 Å². The lowest BCUT2D eigenvalue weighted by Crippen LogP contribution is -2.34. The highest BCUT2D eigenvalue weighted by molar-refractivity contribution is 6.61. The fourth-order valence-electron chi connectivity index (χ4n) is 3.70. The van der Waals surface area contributed by atoms with Crippen LogP contribution in [0, 0.1) is 0 Å². The molecular formula is C20H21BN4O3. The van der Waals surface area contributed by atoms with E-state index in [1.54, 1.807) is 6.20 Å². The molecule has 0 atom stereocenters. The first kappa shape index (κ1) is 17.4. The monoisotopic (exact) mass is 376 g/mol. The van der Waals surface area contributed by atoms with Crippen molar-refractivity contribution in [2.45, 2.75) is 25.6 Å². The Labute approximate surface area is 163 Å². The van der Waals surface area contributed by atoms with Gasteiger partial charge in [-0.3, -0.25) is 0 Å². The van der Waals surface area contributed by atoms with E-state index in [0.29, 0.717) is 12.6 Å². The number of para-hydroxylation sites is 1. The molecule has 0 saturated carbocycles. The molecule has 142 valence electrons. The molecular weight excluding hydrogens is 355 g/mol. The minimum Gasteiger partial charge on any atom is -0.488 e. The normalized spacial score (nSPS) is 17.0. The third-order valence-electron chi connectivity index (χ3n) is 5.22. The molecule has 0 unspecified atom stereocenters. The second-order valence-corrected chi connectivity index (χ2v) is 7.16. The molecule has 5 rings (SSSR count). The van der Waals surface area contributed by atoms with Gasteiger partial charge in [-0.05, 0) is 55.2 Å². The number of hydrogen-bond acceptors (Lipinski definition) is 7. The Kier molecular flexibility index (Phi) is 4.60. The number of benzene rings is 2. The van der Waals surface area contributed by atoms with Crippen molar-refractivity contribution in [3.63, 3.8) is 0 Å². The standard InChI is InChI=1S/C20H21BN4O3/c26-21-17-10-15(5-4-14(17)12-27-21)24-20-23-11-13-2-1-3-18(19(13)25-20)28-16-6-8-22-9-7-16/h1-5,10-11,16,22,26H,6-9,12H2,(H,23,24,25). The molecule has 0 amide bonds. The van der Waals surface area contributed by atoms with Crippen molar-refractivity contribution in [1.29, 1.82) is 0 Å². The second kappa shape index (κ2) is 7.39. The zero-order chi connectivity index (χ0) is 18.9. The number of rotatable bonds is 4. The van der Waals surface area contributed by atoms with E-state index in [1.165, 1.54) is 0 Å². The van der Waals surface area contributed by atoms with Crippen molar-refractivity contribution in [2.24, 2.45) is 0 Å². The quantitative estimate of drug-likeness (QED) is 0.598. The lowest BCUT2D eigenvalue weighted by Gasteiger charge is -2.24. The SMILES string of the molecule is OB1OCc2ccc(Nc3ncc4cccc(OC5CCNCC5)c4n3)cc21. The molecule has 2 aliphatic heterocycles. The van der Waals surface area contributed by atoms with Gasteiger partial charge in [0.2, 0.25) is 5.95 Å². The molecule has 7 nitrogen and oxygen atoms in total. The molecule has 3 heterocycles. The molecule has 1 aromatic heterocycles. The maximum Gasteiger partial charge on any atom is 0.491 e. The van der Waals surface area contributed by atoms with E-state index in [4.69, 9.17) is 14.4 Å². The molecule has 2 aromatic carbocycles. The summed E-state index contributed by atoms with van der Waals surface area (Å²) in [5.74, 6) is 1.27. The fraction of sp³-hybridized carbons (Fsp3) is 0.300. The van der Waals surface area contributed by atoms with E-state index in [1.807, 2.05) is 36.4 Å². The number of hydrogen-bond donors (Lipinski definition) is 3. The number of piperidine rings is 1. The first-order valence-corrected chi connectivity index (χ1v) is 9.59. The Bertz CT molecular complexity index is 1010. The van der Waals surface area contributed by atoms with E-state index >= 15 is 0 Å². The number of nitrogens with one attached hydrogen (secondary N) is 2. The van der Waals surface area contributed by atoms with Crippen LogP contribution in [0.1, 0.15) is 18.4 Å². The van der Waals surface area contributed by atoms with E-state index < -0.39 is 7.12 Å². The summed E-state index contributed by atoms with van der Waals surface area (Å²) in [5.41, 5.74) is 3.37. The Morgan fingerprint density at radius 2 is 2.11 bits per heavy atom. The van der Waals surface area contributed by atoms with Gasteiger partial charge in [0.05, 0.1) is 6.61 Å².